The van der Waals surface area contributed by atoms with Crippen molar-refractivity contribution in [2.45, 2.75) is 6.54 Å². The number of rotatable bonds is 5. The summed E-state index contributed by atoms with van der Waals surface area (Å²) in [6.07, 6.45) is 1.56. The van der Waals surface area contributed by atoms with E-state index in [2.05, 4.69) is 15.3 Å². The van der Waals surface area contributed by atoms with Gasteiger partial charge in [0.2, 0.25) is 5.89 Å². The summed E-state index contributed by atoms with van der Waals surface area (Å²) in [7, 11) is 0. The molecular weight excluding hydrogens is 362 g/mol. The van der Waals surface area contributed by atoms with Gasteiger partial charge in [-0.1, -0.05) is 12.1 Å². The van der Waals surface area contributed by atoms with E-state index >= 15 is 0 Å². The zero-order chi connectivity index (χ0) is 16.4. The Hall–Kier alpha value is -2.29. The Labute approximate surface area is 149 Å². The molecule has 0 radical (unpaired) electrons. The van der Waals surface area contributed by atoms with Crippen LogP contribution in [0.4, 0.5) is 0 Å². The molecule has 0 saturated carbocycles. The van der Waals surface area contributed by atoms with Crippen molar-refractivity contribution in [3.8, 4) is 20.7 Å². The Kier molecular flexibility index (Phi) is 4.24. The number of amides is 1. The highest BCUT2D eigenvalue weighted by atomic mass is 32.1. The van der Waals surface area contributed by atoms with Crippen molar-refractivity contribution in [3.05, 3.63) is 58.1 Å². The quantitative estimate of drug-likeness (QED) is 0.558. The molecule has 1 N–H and O–H groups in total. The van der Waals surface area contributed by atoms with Gasteiger partial charge in [-0.3, -0.25) is 4.79 Å². The molecule has 0 aliphatic rings. The van der Waals surface area contributed by atoms with Crippen LogP contribution in [-0.4, -0.2) is 15.9 Å². The fourth-order valence-corrected chi connectivity index (χ4v) is 4.32. The largest absolute Gasteiger partial charge is 0.443 e. The van der Waals surface area contributed by atoms with Crippen LogP contribution in [-0.2, 0) is 6.54 Å². The van der Waals surface area contributed by atoms with Gasteiger partial charge in [-0.25, -0.2) is 9.97 Å². The SMILES string of the molecule is O=C(NCc1coc(-c2cccs2)n1)c1csc(-c2cccs2)n1. The molecule has 4 heterocycles. The van der Waals surface area contributed by atoms with Crippen LogP contribution in [0.2, 0.25) is 0 Å². The number of nitrogens with zero attached hydrogens (tertiary/aromatic N) is 2. The third kappa shape index (κ3) is 3.16. The summed E-state index contributed by atoms with van der Waals surface area (Å²) in [6.45, 7) is 0.305. The second-order valence-corrected chi connectivity index (χ2v) is 7.57. The van der Waals surface area contributed by atoms with Gasteiger partial charge in [0.1, 0.15) is 17.0 Å². The van der Waals surface area contributed by atoms with Crippen LogP contribution in [0.3, 0.4) is 0 Å². The Balaban J connectivity index is 1.40. The van der Waals surface area contributed by atoms with Crippen molar-refractivity contribution in [1.82, 2.24) is 15.3 Å². The molecule has 1 amide bonds. The number of hydrogen-bond donors (Lipinski definition) is 1. The lowest BCUT2D eigenvalue weighted by atomic mass is 10.4. The highest BCUT2D eigenvalue weighted by Crippen LogP contribution is 2.28. The fraction of sp³-hybridized carbons (Fsp3) is 0.0625. The highest BCUT2D eigenvalue weighted by molar-refractivity contribution is 7.20. The number of thiophene rings is 2. The number of hydrogen-bond acceptors (Lipinski definition) is 7. The highest BCUT2D eigenvalue weighted by Gasteiger charge is 2.13. The van der Waals surface area contributed by atoms with E-state index in [1.165, 1.54) is 11.3 Å². The van der Waals surface area contributed by atoms with Gasteiger partial charge in [0.15, 0.2) is 0 Å². The first-order chi connectivity index (χ1) is 11.8. The molecule has 0 atom stereocenters. The van der Waals surface area contributed by atoms with Crippen molar-refractivity contribution in [1.29, 1.82) is 0 Å². The zero-order valence-corrected chi connectivity index (χ0v) is 14.7. The molecule has 5 nitrogen and oxygen atoms in total. The molecule has 0 spiro atoms. The van der Waals surface area contributed by atoms with E-state index in [4.69, 9.17) is 4.42 Å². The molecule has 0 bridgehead atoms. The van der Waals surface area contributed by atoms with Crippen LogP contribution in [0.1, 0.15) is 16.2 Å². The Morgan fingerprint density at radius 2 is 1.88 bits per heavy atom. The number of oxazole rings is 1. The molecule has 0 saturated heterocycles. The van der Waals surface area contributed by atoms with Crippen molar-refractivity contribution in [3.63, 3.8) is 0 Å². The molecule has 8 heteroatoms. The molecular formula is C16H11N3O2S3. The minimum Gasteiger partial charge on any atom is -0.443 e. The van der Waals surface area contributed by atoms with Crippen LogP contribution in [0, 0.1) is 0 Å². The molecule has 4 aromatic rings. The van der Waals surface area contributed by atoms with Gasteiger partial charge in [-0.2, -0.15) is 0 Å². The first kappa shape index (κ1) is 15.3. The van der Waals surface area contributed by atoms with Crippen molar-refractivity contribution in [2.24, 2.45) is 0 Å². The summed E-state index contributed by atoms with van der Waals surface area (Å²) in [5.74, 6) is 0.359. The number of thiazole rings is 1. The standard InChI is InChI=1S/C16H11N3O2S3/c20-14(11-9-24-16(19-11)13-4-2-6-23-13)17-7-10-8-21-15(18-10)12-3-1-5-22-12/h1-6,8-9H,7H2,(H,17,20). The predicted molar refractivity (Wildman–Crippen MR) is 96.4 cm³/mol. The van der Waals surface area contributed by atoms with E-state index in [1.54, 1.807) is 34.3 Å². The van der Waals surface area contributed by atoms with Crippen LogP contribution < -0.4 is 5.32 Å². The molecule has 4 aromatic heterocycles. The smallest absolute Gasteiger partial charge is 0.271 e. The molecule has 0 aliphatic heterocycles. The normalized spacial score (nSPS) is 10.8. The molecule has 0 unspecified atom stereocenters. The van der Waals surface area contributed by atoms with Crippen molar-refractivity contribution < 1.29 is 9.21 Å². The molecule has 0 aliphatic carbocycles. The average molecular weight is 373 g/mol. The van der Waals surface area contributed by atoms with Gasteiger partial charge < -0.3 is 9.73 Å². The van der Waals surface area contributed by atoms with Crippen LogP contribution in [0.15, 0.2) is 51.1 Å². The van der Waals surface area contributed by atoms with E-state index in [1.807, 2.05) is 35.0 Å². The Morgan fingerprint density at radius 1 is 1.08 bits per heavy atom. The predicted octanol–water partition coefficient (Wildman–Crippen LogP) is 4.52. The second kappa shape index (κ2) is 6.68. The first-order valence-corrected chi connectivity index (χ1v) is 9.69. The van der Waals surface area contributed by atoms with Crippen LogP contribution in [0.25, 0.3) is 20.7 Å². The number of carbonyl (C=O) groups is 1. The maximum atomic E-state index is 12.2. The Morgan fingerprint density at radius 3 is 2.62 bits per heavy atom. The molecule has 0 aromatic carbocycles. The van der Waals surface area contributed by atoms with E-state index in [0.29, 0.717) is 23.8 Å². The number of nitrogens with one attached hydrogen (secondary N) is 1. The summed E-state index contributed by atoms with van der Waals surface area (Å²) in [5, 5.41) is 9.41. The van der Waals surface area contributed by atoms with E-state index in [9.17, 15) is 4.79 Å². The van der Waals surface area contributed by atoms with E-state index in [-0.39, 0.29) is 5.91 Å². The van der Waals surface area contributed by atoms with Gasteiger partial charge in [0.25, 0.3) is 5.91 Å². The second-order valence-electron chi connectivity index (χ2n) is 4.82. The monoisotopic (exact) mass is 373 g/mol. The number of carbonyl (C=O) groups excluding carboxylic acids is 1. The van der Waals surface area contributed by atoms with Crippen LogP contribution in [0.5, 0.6) is 0 Å². The van der Waals surface area contributed by atoms with Crippen LogP contribution >= 0.6 is 34.0 Å². The first-order valence-electron chi connectivity index (χ1n) is 7.05. The lowest BCUT2D eigenvalue weighted by Gasteiger charge is -1.99. The maximum Gasteiger partial charge on any atom is 0.271 e. The summed E-state index contributed by atoms with van der Waals surface area (Å²) in [6, 6.07) is 7.85. The maximum absolute atomic E-state index is 12.2. The Bertz CT molecular complexity index is 939. The topological polar surface area (TPSA) is 68.0 Å². The summed E-state index contributed by atoms with van der Waals surface area (Å²) in [4.78, 5) is 23.0. The minimum atomic E-state index is -0.213. The minimum absolute atomic E-state index is 0.213. The van der Waals surface area contributed by atoms with Gasteiger partial charge in [-0.15, -0.1) is 34.0 Å². The number of aromatic nitrogens is 2. The van der Waals surface area contributed by atoms with Gasteiger partial charge in [0, 0.05) is 5.38 Å². The zero-order valence-electron chi connectivity index (χ0n) is 12.3. The lowest BCUT2D eigenvalue weighted by Crippen LogP contribution is -2.23. The summed E-state index contributed by atoms with van der Waals surface area (Å²) in [5.41, 5.74) is 1.10. The van der Waals surface area contributed by atoms with Crippen molar-refractivity contribution in [2.75, 3.05) is 0 Å². The van der Waals surface area contributed by atoms with E-state index in [0.717, 1.165) is 14.8 Å². The summed E-state index contributed by atoms with van der Waals surface area (Å²) < 4.78 is 5.44. The third-order valence-corrected chi connectivity index (χ3v) is 5.92. The van der Waals surface area contributed by atoms with E-state index < -0.39 is 0 Å². The molecule has 120 valence electrons. The summed E-state index contributed by atoms with van der Waals surface area (Å²) >= 11 is 4.63. The van der Waals surface area contributed by atoms with Gasteiger partial charge in [-0.05, 0) is 22.9 Å². The van der Waals surface area contributed by atoms with Gasteiger partial charge >= 0.3 is 0 Å². The average Bonchev–Trinajstić information content (AvgIpc) is 3.40. The van der Waals surface area contributed by atoms with Crippen molar-refractivity contribution >= 4 is 39.9 Å². The third-order valence-electron chi connectivity index (χ3n) is 3.18. The molecule has 4 rings (SSSR count). The van der Waals surface area contributed by atoms with Gasteiger partial charge in [0.05, 0.1) is 22.0 Å². The lowest BCUT2D eigenvalue weighted by molar-refractivity contribution is 0.0946. The molecule has 24 heavy (non-hydrogen) atoms. The fourth-order valence-electron chi connectivity index (χ4n) is 2.05. The molecule has 0 fully saturated rings.